The number of hydrogen-bond donors (Lipinski definition) is 2. The molecule has 0 aromatic heterocycles. The Morgan fingerprint density at radius 2 is 1.62 bits per heavy atom. The fraction of sp³-hybridized carbons (Fsp3) is 0.250. The van der Waals surface area contributed by atoms with Crippen LogP contribution in [0.25, 0.3) is 0 Å². The van der Waals surface area contributed by atoms with Gasteiger partial charge >= 0.3 is 0 Å². The Morgan fingerprint density at radius 3 is 2.15 bits per heavy atom. The standard InChI is InChI=1S/C8H7F3O2/c9-5-2-7(11)6(10)1-4(5)8(13)3-12/h1-2,8,12-13H,3H2. The Balaban J connectivity index is 3.15. The van der Waals surface area contributed by atoms with Gasteiger partial charge < -0.3 is 10.2 Å². The predicted octanol–water partition coefficient (Wildman–Crippen LogP) is 1.13. The first-order valence-electron chi connectivity index (χ1n) is 3.49. The van der Waals surface area contributed by atoms with E-state index >= 15 is 0 Å². The van der Waals surface area contributed by atoms with Crippen LogP contribution < -0.4 is 0 Å². The van der Waals surface area contributed by atoms with Crippen LogP contribution in [0.5, 0.6) is 0 Å². The van der Waals surface area contributed by atoms with Crippen molar-refractivity contribution in [2.45, 2.75) is 6.10 Å². The van der Waals surface area contributed by atoms with E-state index in [2.05, 4.69) is 0 Å². The Bertz CT molecular complexity index is 315. The van der Waals surface area contributed by atoms with Crippen LogP contribution in [0.2, 0.25) is 0 Å². The average molecular weight is 192 g/mol. The number of rotatable bonds is 2. The van der Waals surface area contributed by atoms with Gasteiger partial charge in [-0.2, -0.15) is 0 Å². The highest BCUT2D eigenvalue weighted by Crippen LogP contribution is 2.19. The molecule has 0 radical (unpaired) electrons. The molecule has 0 aliphatic heterocycles. The normalized spacial score (nSPS) is 13.0. The lowest BCUT2D eigenvalue weighted by Gasteiger charge is -2.08. The van der Waals surface area contributed by atoms with Crippen LogP contribution >= 0.6 is 0 Å². The SMILES string of the molecule is OCC(O)c1cc(F)c(F)cc1F. The van der Waals surface area contributed by atoms with Gasteiger partial charge in [0.25, 0.3) is 0 Å². The van der Waals surface area contributed by atoms with Gasteiger partial charge in [-0.25, -0.2) is 13.2 Å². The van der Waals surface area contributed by atoms with E-state index in [1.54, 1.807) is 0 Å². The molecule has 0 aliphatic carbocycles. The molecular formula is C8H7F3O2. The quantitative estimate of drug-likeness (QED) is 0.689. The molecule has 0 amide bonds. The molecule has 0 fully saturated rings. The molecule has 2 N–H and O–H groups in total. The summed E-state index contributed by atoms with van der Waals surface area (Å²) in [5.41, 5.74) is -0.457. The second kappa shape index (κ2) is 3.76. The molecule has 13 heavy (non-hydrogen) atoms. The zero-order valence-corrected chi connectivity index (χ0v) is 6.47. The fourth-order valence-electron chi connectivity index (χ4n) is 0.892. The molecule has 2 nitrogen and oxygen atoms in total. The van der Waals surface area contributed by atoms with Crippen molar-refractivity contribution in [2.75, 3.05) is 6.61 Å². The maximum Gasteiger partial charge on any atom is 0.161 e. The monoisotopic (exact) mass is 192 g/mol. The van der Waals surface area contributed by atoms with E-state index in [-0.39, 0.29) is 0 Å². The lowest BCUT2D eigenvalue weighted by Crippen LogP contribution is -2.06. The van der Waals surface area contributed by atoms with Crippen molar-refractivity contribution in [1.29, 1.82) is 0 Å². The molecule has 1 rings (SSSR count). The smallest absolute Gasteiger partial charge is 0.161 e. The van der Waals surface area contributed by atoms with Crippen molar-refractivity contribution < 1.29 is 23.4 Å². The van der Waals surface area contributed by atoms with E-state index in [0.717, 1.165) is 0 Å². The van der Waals surface area contributed by atoms with E-state index < -0.39 is 35.7 Å². The first-order chi connectivity index (χ1) is 6.06. The van der Waals surface area contributed by atoms with Crippen molar-refractivity contribution in [3.63, 3.8) is 0 Å². The van der Waals surface area contributed by atoms with Crippen LogP contribution in [0, 0.1) is 17.5 Å². The van der Waals surface area contributed by atoms with E-state index in [0.29, 0.717) is 12.1 Å². The molecule has 1 atom stereocenters. The molecule has 1 unspecified atom stereocenters. The minimum Gasteiger partial charge on any atom is -0.393 e. The van der Waals surface area contributed by atoms with Gasteiger partial charge in [0.2, 0.25) is 0 Å². The van der Waals surface area contributed by atoms with Gasteiger partial charge in [0, 0.05) is 11.6 Å². The van der Waals surface area contributed by atoms with Gasteiger partial charge in [-0.15, -0.1) is 0 Å². The van der Waals surface area contributed by atoms with Gasteiger partial charge in [-0.05, 0) is 6.07 Å². The second-order valence-corrected chi connectivity index (χ2v) is 2.49. The third kappa shape index (κ3) is 1.99. The summed E-state index contributed by atoms with van der Waals surface area (Å²) in [5, 5.41) is 17.4. The topological polar surface area (TPSA) is 40.5 Å². The van der Waals surface area contributed by atoms with Crippen LogP contribution in [0.3, 0.4) is 0 Å². The lowest BCUT2D eigenvalue weighted by atomic mass is 10.1. The van der Waals surface area contributed by atoms with Crippen molar-refractivity contribution in [2.24, 2.45) is 0 Å². The third-order valence-corrected chi connectivity index (χ3v) is 1.57. The highest BCUT2D eigenvalue weighted by Gasteiger charge is 2.15. The first kappa shape index (κ1) is 10.0. The summed E-state index contributed by atoms with van der Waals surface area (Å²) >= 11 is 0. The number of aliphatic hydroxyl groups is 2. The molecule has 0 heterocycles. The number of halogens is 3. The molecule has 1 aromatic carbocycles. The van der Waals surface area contributed by atoms with Crippen molar-refractivity contribution in [1.82, 2.24) is 0 Å². The van der Waals surface area contributed by atoms with Gasteiger partial charge in [0.05, 0.1) is 6.61 Å². The van der Waals surface area contributed by atoms with Crippen LogP contribution in [0.4, 0.5) is 13.2 Å². The maximum atomic E-state index is 12.8. The lowest BCUT2D eigenvalue weighted by molar-refractivity contribution is 0.0921. The average Bonchev–Trinajstić information content (AvgIpc) is 2.10. The Labute approximate surface area is 72.2 Å². The van der Waals surface area contributed by atoms with Crippen LogP contribution in [-0.2, 0) is 0 Å². The molecule has 0 saturated heterocycles. The minimum absolute atomic E-state index is 0.323. The van der Waals surface area contributed by atoms with Gasteiger partial charge in [-0.1, -0.05) is 0 Å². The van der Waals surface area contributed by atoms with E-state index in [4.69, 9.17) is 10.2 Å². The maximum absolute atomic E-state index is 12.8. The summed E-state index contributed by atoms with van der Waals surface area (Å²) < 4.78 is 37.7. The number of aliphatic hydroxyl groups excluding tert-OH is 2. The highest BCUT2D eigenvalue weighted by atomic mass is 19.2. The summed E-state index contributed by atoms with van der Waals surface area (Å²) in [6.45, 7) is -0.748. The van der Waals surface area contributed by atoms with Crippen LogP contribution in [0.1, 0.15) is 11.7 Å². The molecule has 0 saturated carbocycles. The minimum atomic E-state index is -1.53. The molecule has 0 aliphatic rings. The molecule has 0 bridgehead atoms. The summed E-state index contributed by atoms with van der Waals surface area (Å²) in [5.74, 6) is -3.67. The molecular weight excluding hydrogens is 185 g/mol. The number of benzene rings is 1. The van der Waals surface area contributed by atoms with Crippen molar-refractivity contribution >= 4 is 0 Å². The Kier molecular flexibility index (Phi) is 2.90. The zero-order chi connectivity index (χ0) is 10.0. The predicted molar refractivity (Wildman–Crippen MR) is 38.4 cm³/mol. The highest BCUT2D eigenvalue weighted by molar-refractivity contribution is 5.22. The van der Waals surface area contributed by atoms with Gasteiger partial charge in [0.1, 0.15) is 11.9 Å². The van der Waals surface area contributed by atoms with E-state index in [1.165, 1.54) is 0 Å². The molecule has 5 heteroatoms. The summed E-state index contributed by atoms with van der Waals surface area (Å²) in [7, 11) is 0. The van der Waals surface area contributed by atoms with Gasteiger partial charge in [0.15, 0.2) is 11.6 Å². The van der Waals surface area contributed by atoms with Crippen molar-refractivity contribution in [3.05, 3.63) is 35.1 Å². The Morgan fingerprint density at radius 1 is 1.08 bits per heavy atom. The second-order valence-electron chi connectivity index (χ2n) is 2.49. The molecule has 72 valence electrons. The third-order valence-electron chi connectivity index (χ3n) is 1.57. The summed E-state index contributed by atoms with van der Waals surface area (Å²) in [4.78, 5) is 0. The van der Waals surface area contributed by atoms with Crippen molar-refractivity contribution in [3.8, 4) is 0 Å². The van der Waals surface area contributed by atoms with Crippen LogP contribution in [-0.4, -0.2) is 16.8 Å². The van der Waals surface area contributed by atoms with Crippen LogP contribution in [0.15, 0.2) is 12.1 Å². The van der Waals surface area contributed by atoms with E-state index in [9.17, 15) is 13.2 Å². The number of hydrogen-bond acceptors (Lipinski definition) is 2. The zero-order valence-electron chi connectivity index (χ0n) is 6.47. The van der Waals surface area contributed by atoms with E-state index in [1.807, 2.05) is 0 Å². The largest absolute Gasteiger partial charge is 0.393 e. The summed E-state index contributed by atoms with van der Waals surface area (Å²) in [6, 6.07) is 0.842. The first-order valence-corrected chi connectivity index (χ1v) is 3.49. The fourth-order valence-corrected chi connectivity index (χ4v) is 0.892. The molecule has 0 spiro atoms. The summed E-state index contributed by atoms with van der Waals surface area (Å²) in [6.07, 6.45) is -1.53. The van der Waals surface area contributed by atoms with Gasteiger partial charge in [-0.3, -0.25) is 0 Å². The molecule has 1 aromatic rings. The Hall–Kier alpha value is -1.07.